The molecule has 140 valence electrons. The Bertz CT molecular complexity index is 641. The predicted molar refractivity (Wildman–Crippen MR) is 113 cm³/mol. The summed E-state index contributed by atoms with van der Waals surface area (Å²) in [5.41, 5.74) is 2.24. The molecular weight excluding hydrogens is 408 g/mol. The Morgan fingerprint density at radius 2 is 1.15 bits per heavy atom. The fourth-order valence-electron chi connectivity index (χ4n) is 8.79. The first-order chi connectivity index (χ1) is 12.5. The molecule has 26 heavy (non-hydrogen) atoms. The SMILES string of the molecule is C[CH2][Zr]1([CH2]C)[CH]2C3C=CC=CC3CC2[Si](C)(C)C2CC3C=CC=CC3[CH]21. The van der Waals surface area contributed by atoms with Gasteiger partial charge in [-0.25, -0.2) is 0 Å². The van der Waals surface area contributed by atoms with Gasteiger partial charge in [0.05, 0.1) is 0 Å². The number of allylic oxidation sites excluding steroid dienone is 8. The second-order valence-corrected chi connectivity index (χ2v) is 28.5. The van der Waals surface area contributed by atoms with Crippen LogP contribution in [0.2, 0.25) is 39.7 Å². The second-order valence-electron chi connectivity index (χ2n) is 10.5. The van der Waals surface area contributed by atoms with Crippen LogP contribution in [0.15, 0.2) is 48.6 Å². The van der Waals surface area contributed by atoms with Crippen molar-refractivity contribution in [3.63, 3.8) is 0 Å². The zero-order chi connectivity index (χ0) is 18.1. The zero-order valence-corrected chi connectivity index (χ0v) is 20.5. The molecule has 0 aromatic heterocycles. The average molecular weight is 444 g/mol. The van der Waals surface area contributed by atoms with Crippen LogP contribution in [-0.4, -0.2) is 8.07 Å². The number of rotatable bonds is 2. The predicted octanol–water partition coefficient (Wildman–Crippen LogP) is 7.58. The van der Waals surface area contributed by atoms with E-state index in [-0.39, 0.29) is 0 Å². The Balaban J connectivity index is 1.67. The van der Waals surface area contributed by atoms with Gasteiger partial charge in [-0.1, -0.05) is 0 Å². The third-order valence-electron chi connectivity index (χ3n) is 9.90. The third-order valence-corrected chi connectivity index (χ3v) is 33.4. The van der Waals surface area contributed by atoms with Crippen molar-refractivity contribution in [1.82, 2.24) is 0 Å². The molecule has 2 heteroatoms. The van der Waals surface area contributed by atoms with Gasteiger partial charge in [0.1, 0.15) is 0 Å². The van der Waals surface area contributed by atoms with Crippen molar-refractivity contribution in [2.75, 3.05) is 0 Å². The fourth-order valence-corrected chi connectivity index (χ4v) is 40.8. The molecule has 2 saturated carbocycles. The van der Waals surface area contributed by atoms with E-state index in [4.69, 9.17) is 0 Å². The summed E-state index contributed by atoms with van der Waals surface area (Å²) in [6, 6.07) is 0. The first kappa shape index (κ1) is 18.1. The van der Waals surface area contributed by atoms with Gasteiger partial charge in [0, 0.05) is 0 Å². The normalized spacial score (nSPS) is 48.8. The third kappa shape index (κ3) is 2.21. The van der Waals surface area contributed by atoms with Gasteiger partial charge < -0.3 is 0 Å². The molecule has 0 N–H and O–H groups in total. The van der Waals surface area contributed by atoms with Crippen molar-refractivity contribution in [3.05, 3.63) is 48.6 Å². The van der Waals surface area contributed by atoms with E-state index < -0.39 is 28.3 Å². The van der Waals surface area contributed by atoms with Crippen LogP contribution in [0.1, 0.15) is 26.7 Å². The van der Waals surface area contributed by atoms with Crippen LogP contribution in [-0.2, 0) is 20.3 Å². The van der Waals surface area contributed by atoms with E-state index in [2.05, 4.69) is 75.5 Å². The molecule has 0 spiro atoms. The van der Waals surface area contributed by atoms with Crippen LogP contribution in [0.5, 0.6) is 0 Å². The van der Waals surface area contributed by atoms with Crippen molar-refractivity contribution in [1.29, 1.82) is 0 Å². The summed E-state index contributed by atoms with van der Waals surface area (Å²) in [6.07, 6.45) is 23.1. The standard InChI is InChI=1S/C20H26Si.2C2H5.Zr/c1-21(2,19-11-15-7-3-4-8-16(15)12-19)20-13-17-9-5-6-10-18(17)14-20;2*1-2;/h3-11,13,15-20H,12,14H2,1-2H3;2*1H2,2H3;. The summed E-state index contributed by atoms with van der Waals surface area (Å²) in [4.78, 5) is 0. The summed E-state index contributed by atoms with van der Waals surface area (Å²) < 4.78 is 5.48. The Hall–Kier alpha value is 0.0600. The molecule has 1 heterocycles. The van der Waals surface area contributed by atoms with Crippen LogP contribution >= 0.6 is 0 Å². The molecular formula is C24H36SiZr. The molecule has 0 nitrogen and oxygen atoms in total. The molecule has 0 aromatic rings. The van der Waals surface area contributed by atoms with Gasteiger partial charge in [-0.15, -0.1) is 0 Å². The minimum atomic E-state index is -2.30. The molecule has 8 unspecified atom stereocenters. The van der Waals surface area contributed by atoms with Gasteiger partial charge >= 0.3 is 167 Å². The fraction of sp³-hybridized carbons (Fsp3) is 0.667. The molecule has 0 amide bonds. The summed E-state index contributed by atoms with van der Waals surface area (Å²) in [7, 11) is -1.23. The second kappa shape index (κ2) is 6.28. The maximum atomic E-state index is 2.82. The van der Waals surface area contributed by atoms with Crippen molar-refractivity contribution >= 4 is 8.07 Å². The minimum absolute atomic E-state index is 0.882. The monoisotopic (exact) mass is 442 g/mol. The first-order valence-corrected chi connectivity index (χ1v) is 20.7. The van der Waals surface area contributed by atoms with E-state index >= 15 is 0 Å². The van der Waals surface area contributed by atoms with Crippen LogP contribution in [0.25, 0.3) is 0 Å². The van der Waals surface area contributed by atoms with Gasteiger partial charge in [-0.05, 0) is 0 Å². The van der Waals surface area contributed by atoms with Crippen molar-refractivity contribution in [3.8, 4) is 0 Å². The summed E-state index contributed by atoms with van der Waals surface area (Å²) >= 11 is -2.30. The van der Waals surface area contributed by atoms with Gasteiger partial charge in [-0.3, -0.25) is 0 Å². The Labute approximate surface area is 166 Å². The van der Waals surface area contributed by atoms with Crippen molar-refractivity contribution in [2.45, 2.75) is 66.4 Å². The van der Waals surface area contributed by atoms with Crippen LogP contribution in [0.3, 0.4) is 0 Å². The van der Waals surface area contributed by atoms with Crippen molar-refractivity contribution in [2.24, 2.45) is 23.7 Å². The van der Waals surface area contributed by atoms with Crippen LogP contribution in [0.4, 0.5) is 0 Å². The molecule has 0 aromatic carbocycles. The number of hydrogen-bond donors (Lipinski definition) is 0. The average Bonchev–Trinajstić information content (AvgIpc) is 3.25. The van der Waals surface area contributed by atoms with Gasteiger partial charge in [0.2, 0.25) is 0 Å². The first-order valence-electron chi connectivity index (χ1n) is 11.2. The summed E-state index contributed by atoms with van der Waals surface area (Å²) in [6.45, 7) is 10.9. The number of fused-ring (bicyclic) bond motifs is 6. The Morgan fingerprint density at radius 1 is 0.731 bits per heavy atom. The van der Waals surface area contributed by atoms with Gasteiger partial charge in [-0.2, -0.15) is 0 Å². The topological polar surface area (TPSA) is 0 Å². The molecule has 4 aliphatic carbocycles. The van der Waals surface area contributed by atoms with E-state index in [9.17, 15) is 0 Å². The van der Waals surface area contributed by atoms with E-state index in [1.807, 2.05) is 0 Å². The molecule has 8 atom stereocenters. The van der Waals surface area contributed by atoms with E-state index in [0.717, 1.165) is 42.0 Å². The van der Waals surface area contributed by atoms with Crippen LogP contribution < -0.4 is 0 Å². The Kier molecular flexibility index (Phi) is 4.38. The Morgan fingerprint density at radius 3 is 1.58 bits per heavy atom. The van der Waals surface area contributed by atoms with Crippen LogP contribution in [0, 0.1) is 23.7 Å². The van der Waals surface area contributed by atoms with E-state index in [0.29, 0.717) is 0 Å². The molecule has 1 saturated heterocycles. The van der Waals surface area contributed by atoms with E-state index in [1.165, 1.54) is 12.8 Å². The quantitative estimate of drug-likeness (QED) is 0.386. The molecule has 0 bridgehead atoms. The molecule has 3 fully saturated rings. The van der Waals surface area contributed by atoms with E-state index in [1.54, 1.807) is 8.26 Å². The molecule has 5 rings (SSSR count). The molecule has 0 radical (unpaired) electrons. The van der Waals surface area contributed by atoms with Gasteiger partial charge in [0.25, 0.3) is 0 Å². The van der Waals surface area contributed by atoms with Gasteiger partial charge in [0.15, 0.2) is 0 Å². The number of hydrogen-bond acceptors (Lipinski definition) is 0. The zero-order valence-electron chi connectivity index (χ0n) is 17.1. The summed E-state index contributed by atoms with van der Waals surface area (Å²) in [5, 5.41) is 0. The molecule has 5 aliphatic rings. The summed E-state index contributed by atoms with van der Waals surface area (Å²) in [5.74, 6) is 3.59. The maximum absolute atomic E-state index is 2.82. The van der Waals surface area contributed by atoms with Crippen molar-refractivity contribution < 1.29 is 20.3 Å². The molecule has 1 aliphatic heterocycles.